The summed E-state index contributed by atoms with van der Waals surface area (Å²) in [5.74, 6) is 1.28. The van der Waals surface area contributed by atoms with E-state index in [-0.39, 0.29) is 6.61 Å². The number of aliphatic hydroxyl groups is 1. The van der Waals surface area contributed by atoms with Gasteiger partial charge in [-0.15, -0.1) is 11.3 Å². The summed E-state index contributed by atoms with van der Waals surface area (Å²) in [5, 5.41) is 10.9. The van der Waals surface area contributed by atoms with E-state index >= 15 is 0 Å². The minimum atomic E-state index is -0.0687. The van der Waals surface area contributed by atoms with Crippen molar-refractivity contribution in [1.82, 2.24) is 4.98 Å². The number of aryl methyl sites for hydroxylation is 1. The number of hydrogen-bond donors (Lipinski definition) is 1. The van der Waals surface area contributed by atoms with Crippen molar-refractivity contribution in [3.63, 3.8) is 0 Å². The third-order valence-corrected chi connectivity index (χ3v) is 2.63. The Bertz CT molecular complexity index is 392. The fraction of sp³-hybridized carbons (Fsp3) is 0.222. The zero-order valence-corrected chi connectivity index (χ0v) is 7.97. The molecule has 0 saturated heterocycles. The lowest BCUT2D eigenvalue weighted by molar-refractivity contribution is 0.275. The molecule has 0 aromatic carbocycles. The van der Waals surface area contributed by atoms with Gasteiger partial charge in [-0.2, -0.15) is 0 Å². The van der Waals surface area contributed by atoms with E-state index in [0.717, 1.165) is 4.88 Å². The third-order valence-electron chi connectivity index (χ3n) is 1.77. The van der Waals surface area contributed by atoms with E-state index in [1.54, 1.807) is 18.3 Å². The number of hydrogen-bond acceptors (Lipinski definition) is 4. The van der Waals surface area contributed by atoms with Crippen LogP contribution in [0.1, 0.15) is 11.5 Å². The number of aromatic nitrogens is 1. The smallest absolute Gasteiger partial charge is 0.236 e. The van der Waals surface area contributed by atoms with Crippen LogP contribution in [0.15, 0.2) is 21.9 Å². The Balaban J connectivity index is 2.43. The zero-order valence-electron chi connectivity index (χ0n) is 7.15. The molecule has 0 fully saturated rings. The van der Waals surface area contributed by atoms with Crippen molar-refractivity contribution >= 4 is 11.3 Å². The molecule has 0 aliphatic carbocycles. The molecule has 13 heavy (non-hydrogen) atoms. The molecule has 0 aliphatic heterocycles. The fourth-order valence-electron chi connectivity index (χ4n) is 1.08. The lowest BCUT2D eigenvalue weighted by Gasteiger charge is -1.84. The zero-order chi connectivity index (χ0) is 9.26. The highest BCUT2D eigenvalue weighted by atomic mass is 32.1. The van der Waals surface area contributed by atoms with E-state index in [1.165, 1.54) is 0 Å². The SMILES string of the molecule is Cc1oc(-c2cccs2)nc1CO. The van der Waals surface area contributed by atoms with Gasteiger partial charge in [0, 0.05) is 0 Å². The van der Waals surface area contributed by atoms with Crippen LogP contribution in [0.25, 0.3) is 10.8 Å². The molecule has 1 N–H and O–H groups in total. The molecular formula is C9H9NO2S. The number of nitrogens with zero attached hydrogens (tertiary/aromatic N) is 1. The van der Waals surface area contributed by atoms with E-state index in [9.17, 15) is 0 Å². The Hall–Kier alpha value is -1.13. The Morgan fingerprint density at radius 1 is 1.62 bits per heavy atom. The normalized spacial score (nSPS) is 10.6. The Morgan fingerprint density at radius 3 is 3.00 bits per heavy atom. The van der Waals surface area contributed by atoms with E-state index in [1.807, 2.05) is 17.5 Å². The molecule has 0 aliphatic rings. The number of oxazole rings is 1. The molecule has 3 nitrogen and oxygen atoms in total. The van der Waals surface area contributed by atoms with Crippen LogP contribution in [-0.4, -0.2) is 10.1 Å². The monoisotopic (exact) mass is 195 g/mol. The van der Waals surface area contributed by atoms with Crippen LogP contribution in [0.4, 0.5) is 0 Å². The highest BCUT2D eigenvalue weighted by Crippen LogP contribution is 2.25. The van der Waals surface area contributed by atoms with Crippen LogP contribution in [-0.2, 0) is 6.61 Å². The summed E-state index contributed by atoms with van der Waals surface area (Å²) in [4.78, 5) is 5.15. The van der Waals surface area contributed by atoms with E-state index < -0.39 is 0 Å². The van der Waals surface area contributed by atoms with E-state index in [4.69, 9.17) is 9.52 Å². The average Bonchev–Trinajstić information content (AvgIpc) is 2.71. The van der Waals surface area contributed by atoms with Gasteiger partial charge >= 0.3 is 0 Å². The van der Waals surface area contributed by atoms with Crippen LogP contribution in [0.5, 0.6) is 0 Å². The van der Waals surface area contributed by atoms with Crippen LogP contribution in [0, 0.1) is 6.92 Å². The minimum Gasteiger partial charge on any atom is -0.440 e. The van der Waals surface area contributed by atoms with Crippen molar-refractivity contribution in [2.75, 3.05) is 0 Å². The lowest BCUT2D eigenvalue weighted by Crippen LogP contribution is -1.84. The second-order valence-corrected chi connectivity index (χ2v) is 3.61. The summed E-state index contributed by atoms with van der Waals surface area (Å²) in [6, 6.07) is 3.88. The maximum absolute atomic E-state index is 8.91. The van der Waals surface area contributed by atoms with Crippen LogP contribution in [0.2, 0.25) is 0 Å². The predicted octanol–water partition coefficient (Wildman–Crippen LogP) is 2.20. The van der Waals surface area contributed by atoms with Crippen molar-refractivity contribution in [2.24, 2.45) is 0 Å². The van der Waals surface area contributed by atoms with Gasteiger partial charge in [-0.05, 0) is 18.4 Å². The highest BCUT2D eigenvalue weighted by Gasteiger charge is 2.10. The van der Waals surface area contributed by atoms with Crippen molar-refractivity contribution in [3.05, 3.63) is 29.0 Å². The van der Waals surface area contributed by atoms with Crippen molar-refractivity contribution in [1.29, 1.82) is 0 Å². The molecule has 2 aromatic rings. The summed E-state index contributed by atoms with van der Waals surface area (Å²) in [5.41, 5.74) is 0.614. The van der Waals surface area contributed by atoms with Gasteiger partial charge in [-0.25, -0.2) is 4.98 Å². The quantitative estimate of drug-likeness (QED) is 0.799. The number of aliphatic hydroxyl groups excluding tert-OH is 1. The molecule has 0 amide bonds. The summed E-state index contributed by atoms with van der Waals surface area (Å²) < 4.78 is 5.39. The Labute approximate surface area is 79.7 Å². The third kappa shape index (κ3) is 1.50. The predicted molar refractivity (Wildman–Crippen MR) is 50.5 cm³/mol. The van der Waals surface area contributed by atoms with Crippen molar-refractivity contribution < 1.29 is 9.52 Å². The van der Waals surface area contributed by atoms with Gasteiger partial charge < -0.3 is 9.52 Å². The average molecular weight is 195 g/mol. The molecule has 4 heteroatoms. The second kappa shape index (κ2) is 3.32. The molecule has 2 aromatic heterocycles. The van der Waals surface area contributed by atoms with Gasteiger partial charge in [0.05, 0.1) is 11.5 Å². The molecule has 0 saturated carbocycles. The van der Waals surface area contributed by atoms with Crippen molar-refractivity contribution in [3.8, 4) is 10.8 Å². The van der Waals surface area contributed by atoms with Crippen LogP contribution in [0.3, 0.4) is 0 Å². The fourth-order valence-corrected chi connectivity index (χ4v) is 1.73. The molecule has 68 valence electrons. The number of thiophene rings is 1. The van der Waals surface area contributed by atoms with Gasteiger partial charge in [0.1, 0.15) is 11.5 Å². The first-order chi connectivity index (χ1) is 6.31. The Morgan fingerprint density at radius 2 is 2.46 bits per heavy atom. The molecule has 2 heterocycles. The van der Waals surface area contributed by atoms with E-state index in [2.05, 4.69) is 4.98 Å². The van der Waals surface area contributed by atoms with Gasteiger partial charge in [-0.1, -0.05) is 6.07 Å². The molecule has 0 unspecified atom stereocenters. The van der Waals surface area contributed by atoms with Gasteiger partial charge in [0.15, 0.2) is 0 Å². The molecule has 0 atom stereocenters. The van der Waals surface area contributed by atoms with Gasteiger partial charge in [0.25, 0.3) is 0 Å². The first-order valence-electron chi connectivity index (χ1n) is 3.92. The number of rotatable bonds is 2. The Kier molecular flexibility index (Phi) is 2.16. The van der Waals surface area contributed by atoms with Crippen molar-refractivity contribution in [2.45, 2.75) is 13.5 Å². The van der Waals surface area contributed by atoms with Gasteiger partial charge in [-0.3, -0.25) is 0 Å². The minimum absolute atomic E-state index is 0.0687. The molecular weight excluding hydrogens is 186 g/mol. The molecule has 0 radical (unpaired) electrons. The first-order valence-corrected chi connectivity index (χ1v) is 4.80. The molecule has 2 rings (SSSR count). The second-order valence-electron chi connectivity index (χ2n) is 2.66. The maximum atomic E-state index is 8.91. The largest absolute Gasteiger partial charge is 0.440 e. The highest BCUT2D eigenvalue weighted by molar-refractivity contribution is 7.13. The maximum Gasteiger partial charge on any atom is 0.236 e. The summed E-state index contributed by atoms with van der Waals surface area (Å²) in [6.45, 7) is 1.73. The topological polar surface area (TPSA) is 46.3 Å². The van der Waals surface area contributed by atoms with Crippen LogP contribution < -0.4 is 0 Å². The van der Waals surface area contributed by atoms with Crippen LogP contribution >= 0.6 is 11.3 Å². The lowest BCUT2D eigenvalue weighted by atomic mass is 10.4. The van der Waals surface area contributed by atoms with Gasteiger partial charge in [0.2, 0.25) is 5.89 Å². The summed E-state index contributed by atoms with van der Waals surface area (Å²) in [7, 11) is 0. The summed E-state index contributed by atoms with van der Waals surface area (Å²) in [6.07, 6.45) is 0. The molecule has 0 bridgehead atoms. The summed E-state index contributed by atoms with van der Waals surface area (Å²) >= 11 is 1.57. The van der Waals surface area contributed by atoms with E-state index in [0.29, 0.717) is 17.3 Å². The first kappa shape index (κ1) is 8.47. The molecule has 0 spiro atoms. The standard InChI is InChI=1S/C9H9NO2S/c1-6-7(5-11)10-9(12-6)8-3-2-4-13-8/h2-4,11H,5H2,1H3.